The Balaban J connectivity index is 2.31. The average Bonchev–Trinajstić information content (AvgIpc) is 2.40. The third-order valence-corrected chi connectivity index (χ3v) is 3.82. The first-order valence-electron chi connectivity index (χ1n) is 8.28. The van der Waals surface area contributed by atoms with E-state index in [2.05, 4.69) is 15.1 Å². The van der Waals surface area contributed by atoms with Crippen LogP contribution in [0.4, 0.5) is 0 Å². The van der Waals surface area contributed by atoms with Crippen LogP contribution in [0.5, 0.6) is 0 Å². The van der Waals surface area contributed by atoms with Gasteiger partial charge in [-0.3, -0.25) is 19.4 Å². The maximum absolute atomic E-state index is 12.1. The van der Waals surface area contributed by atoms with Crippen molar-refractivity contribution >= 4 is 11.8 Å². The first kappa shape index (κ1) is 18.9. The second-order valence-electron chi connectivity index (χ2n) is 6.92. The monoisotopic (exact) mass is 312 g/mol. The van der Waals surface area contributed by atoms with Crippen LogP contribution < -0.4 is 5.32 Å². The van der Waals surface area contributed by atoms with Gasteiger partial charge in [0.2, 0.25) is 11.8 Å². The normalized spacial score (nSPS) is 17.3. The zero-order chi connectivity index (χ0) is 16.8. The van der Waals surface area contributed by atoms with Gasteiger partial charge < -0.3 is 10.2 Å². The summed E-state index contributed by atoms with van der Waals surface area (Å²) in [5.41, 5.74) is -0.185. The summed E-state index contributed by atoms with van der Waals surface area (Å²) in [4.78, 5) is 30.2. The van der Waals surface area contributed by atoms with E-state index in [4.69, 9.17) is 0 Å². The van der Waals surface area contributed by atoms with Crippen LogP contribution in [-0.4, -0.2) is 84.4 Å². The van der Waals surface area contributed by atoms with Gasteiger partial charge in [-0.05, 0) is 34.6 Å². The van der Waals surface area contributed by atoms with Gasteiger partial charge in [0, 0.05) is 44.8 Å². The van der Waals surface area contributed by atoms with Gasteiger partial charge in [-0.25, -0.2) is 0 Å². The molecule has 1 saturated heterocycles. The summed E-state index contributed by atoms with van der Waals surface area (Å²) in [6.07, 6.45) is 0. The molecule has 6 heteroatoms. The van der Waals surface area contributed by atoms with Gasteiger partial charge in [0.05, 0.1) is 13.1 Å². The molecule has 1 aliphatic heterocycles. The van der Waals surface area contributed by atoms with Crippen molar-refractivity contribution in [3.8, 4) is 0 Å². The summed E-state index contributed by atoms with van der Waals surface area (Å²) in [5, 5.41) is 2.99. The molecule has 0 spiro atoms. The lowest BCUT2D eigenvalue weighted by Gasteiger charge is -2.35. The summed E-state index contributed by atoms with van der Waals surface area (Å²) >= 11 is 0. The van der Waals surface area contributed by atoms with Gasteiger partial charge in [-0.15, -0.1) is 0 Å². The minimum absolute atomic E-state index is 0.0696. The maximum Gasteiger partial charge on any atom is 0.236 e. The number of nitrogens with zero attached hydrogens (tertiary/aromatic N) is 3. The van der Waals surface area contributed by atoms with Gasteiger partial charge in [-0.2, -0.15) is 0 Å². The minimum atomic E-state index is -0.185. The highest BCUT2D eigenvalue weighted by molar-refractivity contribution is 5.79. The molecule has 0 unspecified atom stereocenters. The van der Waals surface area contributed by atoms with E-state index in [1.54, 1.807) is 0 Å². The number of amides is 2. The zero-order valence-electron chi connectivity index (χ0n) is 14.8. The van der Waals surface area contributed by atoms with Crippen molar-refractivity contribution in [1.82, 2.24) is 20.0 Å². The Kier molecular flexibility index (Phi) is 7.29. The Morgan fingerprint density at radius 1 is 0.955 bits per heavy atom. The third-order valence-electron chi connectivity index (χ3n) is 3.82. The topological polar surface area (TPSA) is 55.9 Å². The number of hydrogen-bond acceptors (Lipinski definition) is 4. The molecule has 22 heavy (non-hydrogen) atoms. The number of hydrogen-bond donors (Lipinski definition) is 1. The highest BCUT2D eigenvalue weighted by Gasteiger charge is 2.23. The molecule has 6 nitrogen and oxygen atoms in total. The zero-order valence-corrected chi connectivity index (χ0v) is 14.8. The van der Waals surface area contributed by atoms with Crippen LogP contribution in [0, 0.1) is 0 Å². The van der Waals surface area contributed by atoms with Gasteiger partial charge in [0.1, 0.15) is 0 Å². The molecule has 0 atom stereocenters. The summed E-state index contributed by atoms with van der Waals surface area (Å²) in [7, 11) is 0. The molecule has 0 saturated carbocycles. The van der Waals surface area contributed by atoms with Crippen molar-refractivity contribution < 1.29 is 9.59 Å². The smallest absolute Gasteiger partial charge is 0.236 e. The van der Waals surface area contributed by atoms with Gasteiger partial charge >= 0.3 is 0 Å². The van der Waals surface area contributed by atoms with E-state index in [0.717, 1.165) is 39.3 Å². The molecule has 0 radical (unpaired) electrons. The predicted molar refractivity (Wildman–Crippen MR) is 88.7 cm³/mol. The number of nitrogens with one attached hydrogen (secondary N) is 1. The lowest BCUT2D eigenvalue weighted by molar-refractivity contribution is -0.133. The molecule has 2 amide bonds. The van der Waals surface area contributed by atoms with Crippen LogP contribution in [0.1, 0.15) is 34.6 Å². The molecular weight excluding hydrogens is 280 g/mol. The standard InChI is InChI=1S/C16H32N4O2/c1-6-20(7-2)15(22)13-19-10-8-18(9-11-19)12-14(21)17-16(3,4)5/h6-13H2,1-5H3,(H,17,21). The Morgan fingerprint density at radius 2 is 1.41 bits per heavy atom. The third kappa shape index (κ3) is 6.75. The molecule has 1 fully saturated rings. The van der Waals surface area contributed by atoms with E-state index >= 15 is 0 Å². The average molecular weight is 312 g/mol. The summed E-state index contributed by atoms with van der Waals surface area (Å²) in [6.45, 7) is 15.8. The van der Waals surface area contributed by atoms with Crippen LogP contribution in [0.15, 0.2) is 0 Å². The van der Waals surface area contributed by atoms with Crippen molar-refractivity contribution in [2.45, 2.75) is 40.2 Å². The first-order valence-corrected chi connectivity index (χ1v) is 8.28. The lowest BCUT2D eigenvalue weighted by atomic mass is 10.1. The van der Waals surface area contributed by atoms with Crippen molar-refractivity contribution in [1.29, 1.82) is 0 Å². The van der Waals surface area contributed by atoms with Crippen molar-refractivity contribution in [2.75, 3.05) is 52.4 Å². The fraction of sp³-hybridized carbons (Fsp3) is 0.875. The fourth-order valence-corrected chi connectivity index (χ4v) is 2.63. The van der Waals surface area contributed by atoms with E-state index in [1.807, 2.05) is 39.5 Å². The van der Waals surface area contributed by atoms with E-state index < -0.39 is 0 Å². The van der Waals surface area contributed by atoms with Crippen LogP contribution in [0.2, 0.25) is 0 Å². The minimum Gasteiger partial charge on any atom is -0.350 e. The van der Waals surface area contributed by atoms with Crippen molar-refractivity contribution in [3.63, 3.8) is 0 Å². The molecule has 1 N–H and O–H groups in total. The number of rotatable bonds is 6. The lowest BCUT2D eigenvalue weighted by Crippen LogP contribution is -2.53. The fourth-order valence-electron chi connectivity index (χ4n) is 2.63. The van der Waals surface area contributed by atoms with Crippen LogP contribution in [0.3, 0.4) is 0 Å². The number of carbonyl (C=O) groups is 2. The van der Waals surface area contributed by atoms with E-state index in [9.17, 15) is 9.59 Å². The molecule has 1 rings (SSSR count). The number of carbonyl (C=O) groups excluding carboxylic acids is 2. The Bertz CT molecular complexity index is 367. The van der Waals surface area contributed by atoms with Crippen molar-refractivity contribution in [3.05, 3.63) is 0 Å². The first-order chi connectivity index (χ1) is 10.2. The van der Waals surface area contributed by atoms with E-state index in [-0.39, 0.29) is 17.4 Å². The van der Waals surface area contributed by atoms with Gasteiger partial charge in [0.15, 0.2) is 0 Å². The van der Waals surface area contributed by atoms with Crippen LogP contribution in [0.25, 0.3) is 0 Å². The Labute approximate surface area is 134 Å². The highest BCUT2D eigenvalue weighted by Crippen LogP contribution is 2.04. The molecule has 1 aliphatic rings. The van der Waals surface area contributed by atoms with E-state index in [0.29, 0.717) is 13.1 Å². The molecule has 0 aliphatic carbocycles. The second kappa shape index (κ2) is 8.48. The molecule has 1 heterocycles. The maximum atomic E-state index is 12.1. The SMILES string of the molecule is CCN(CC)C(=O)CN1CCN(CC(=O)NC(C)(C)C)CC1. The Morgan fingerprint density at radius 3 is 1.82 bits per heavy atom. The summed E-state index contributed by atoms with van der Waals surface area (Å²) in [5.74, 6) is 0.268. The molecular formula is C16H32N4O2. The van der Waals surface area contributed by atoms with Gasteiger partial charge in [0.25, 0.3) is 0 Å². The van der Waals surface area contributed by atoms with Gasteiger partial charge in [-0.1, -0.05) is 0 Å². The highest BCUT2D eigenvalue weighted by atomic mass is 16.2. The number of likely N-dealkylation sites (N-methyl/N-ethyl adjacent to an activating group) is 1. The largest absolute Gasteiger partial charge is 0.350 e. The molecule has 0 bridgehead atoms. The second-order valence-corrected chi connectivity index (χ2v) is 6.92. The predicted octanol–water partition coefficient (Wildman–Crippen LogP) is 0.387. The van der Waals surface area contributed by atoms with Crippen molar-refractivity contribution in [2.24, 2.45) is 0 Å². The van der Waals surface area contributed by atoms with Crippen LogP contribution in [-0.2, 0) is 9.59 Å². The molecule has 0 aromatic rings. The van der Waals surface area contributed by atoms with E-state index in [1.165, 1.54) is 0 Å². The molecule has 0 aromatic heterocycles. The quantitative estimate of drug-likeness (QED) is 0.771. The molecule has 0 aromatic carbocycles. The summed E-state index contributed by atoms with van der Waals surface area (Å²) in [6, 6.07) is 0. The van der Waals surface area contributed by atoms with Crippen LogP contribution >= 0.6 is 0 Å². The number of piperazine rings is 1. The Hall–Kier alpha value is -1.14. The summed E-state index contributed by atoms with van der Waals surface area (Å²) < 4.78 is 0. The molecule has 128 valence electrons.